The van der Waals surface area contributed by atoms with Gasteiger partial charge in [-0.05, 0) is 50.1 Å². The van der Waals surface area contributed by atoms with Crippen molar-refractivity contribution in [3.05, 3.63) is 45.6 Å². The van der Waals surface area contributed by atoms with Gasteiger partial charge in [0, 0.05) is 25.9 Å². The maximum atomic E-state index is 13.1. The molecular formula is C22H25FN2O4S. The zero-order valence-corrected chi connectivity index (χ0v) is 18.1. The van der Waals surface area contributed by atoms with Crippen molar-refractivity contribution in [1.29, 1.82) is 0 Å². The molecule has 1 aromatic heterocycles. The van der Waals surface area contributed by atoms with Gasteiger partial charge >= 0.3 is 0 Å². The van der Waals surface area contributed by atoms with Gasteiger partial charge in [-0.25, -0.2) is 4.39 Å². The number of halogens is 1. The van der Waals surface area contributed by atoms with Crippen LogP contribution >= 0.6 is 11.3 Å². The van der Waals surface area contributed by atoms with Crippen LogP contribution in [-0.2, 0) is 4.79 Å². The van der Waals surface area contributed by atoms with Crippen LogP contribution in [0.4, 0.5) is 9.39 Å². The second-order valence-electron chi connectivity index (χ2n) is 7.77. The molecule has 0 atom stereocenters. The number of nitrogen functional groups attached to an aromatic ring is 1. The van der Waals surface area contributed by atoms with E-state index in [0.29, 0.717) is 37.2 Å². The number of ether oxygens (including phenoxy) is 1. The van der Waals surface area contributed by atoms with Crippen LogP contribution in [0, 0.1) is 19.7 Å². The molecule has 0 aliphatic carbocycles. The van der Waals surface area contributed by atoms with Crippen LogP contribution in [0.1, 0.15) is 57.3 Å². The first-order valence-electron chi connectivity index (χ1n) is 9.73. The number of amides is 1. The minimum Gasteiger partial charge on any atom is -0.486 e. The zero-order chi connectivity index (χ0) is 22.1. The molecule has 4 rings (SSSR count). The first-order chi connectivity index (χ1) is 14.2. The van der Waals surface area contributed by atoms with Crippen LogP contribution in [-0.4, -0.2) is 41.6 Å². The minimum atomic E-state index is -0.526. The molecule has 0 bridgehead atoms. The van der Waals surface area contributed by atoms with Gasteiger partial charge in [-0.2, -0.15) is 0 Å². The number of nitrogens with zero attached hydrogens (tertiary/aromatic N) is 1. The molecule has 0 radical (unpaired) electrons. The van der Waals surface area contributed by atoms with Crippen LogP contribution < -0.4 is 10.5 Å². The van der Waals surface area contributed by atoms with E-state index in [0.717, 1.165) is 27.4 Å². The van der Waals surface area contributed by atoms with E-state index < -0.39 is 11.4 Å². The number of carbonyl (C=O) groups is 3. The molecule has 2 aliphatic rings. The third-order valence-corrected chi connectivity index (χ3v) is 7.04. The van der Waals surface area contributed by atoms with Crippen LogP contribution in [0.15, 0.2) is 18.2 Å². The third-order valence-electron chi connectivity index (χ3n) is 5.71. The summed E-state index contributed by atoms with van der Waals surface area (Å²) in [7, 11) is 0. The lowest BCUT2D eigenvalue weighted by atomic mass is 9.82. The molecule has 30 heavy (non-hydrogen) atoms. The van der Waals surface area contributed by atoms with E-state index in [1.54, 1.807) is 11.8 Å². The number of piperidine rings is 1. The van der Waals surface area contributed by atoms with Gasteiger partial charge < -0.3 is 15.4 Å². The average molecular weight is 433 g/mol. The standard InChI is InChI=1S/C14H14FNO3.C8H11NOS/c15-10-1-2-13-11(7-10)12(18)8-14(19-13)3-5-16(9-17)6-4-14;1-4-5(2)8(9)11-7(4)6(3)10/h1-2,7,9H,3-6,8H2;9H2,1-3H3. The molecule has 6 nitrogen and oxygen atoms in total. The van der Waals surface area contributed by atoms with E-state index in [1.807, 2.05) is 13.8 Å². The Morgan fingerprint density at radius 1 is 1.27 bits per heavy atom. The fourth-order valence-corrected chi connectivity index (χ4v) is 4.71. The Morgan fingerprint density at radius 2 is 1.93 bits per heavy atom. The van der Waals surface area contributed by atoms with Crippen molar-refractivity contribution in [2.24, 2.45) is 0 Å². The molecule has 160 valence electrons. The Balaban J connectivity index is 0.000000199. The highest BCUT2D eigenvalue weighted by Crippen LogP contribution is 2.39. The molecule has 1 aromatic carbocycles. The van der Waals surface area contributed by atoms with Crippen molar-refractivity contribution in [2.45, 2.75) is 45.6 Å². The van der Waals surface area contributed by atoms with Crippen molar-refractivity contribution in [3.63, 3.8) is 0 Å². The summed E-state index contributed by atoms with van der Waals surface area (Å²) in [4.78, 5) is 36.3. The maximum Gasteiger partial charge on any atom is 0.209 e. The highest BCUT2D eigenvalue weighted by atomic mass is 32.1. The number of rotatable bonds is 2. The molecule has 0 unspecified atom stereocenters. The van der Waals surface area contributed by atoms with Crippen molar-refractivity contribution in [2.75, 3.05) is 18.8 Å². The SMILES string of the molecule is CC(=O)c1sc(N)c(C)c1C.O=CN1CCC2(CC1)CC(=O)c1cc(F)ccc1O2. The third kappa shape index (κ3) is 4.38. The molecule has 2 aliphatic heterocycles. The number of Topliss-reactive ketones (excluding diaryl/α,β-unsaturated/α-hetero) is 2. The Labute approximate surface area is 178 Å². The van der Waals surface area contributed by atoms with E-state index in [4.69, 9.17) is 10.5 Å². The summed E-state index contributed by atoms with van der Waals surface area (Å²) in [5.74, 6) is 0.0484. The normalized spacial score (nSPS) is 16.9. The summed E-state index contributed by atoms with van der Waals surface area (Å²) >= 11 is 1.38. The van der Waals surface area contributed by atoms with Gasteiger partial charge in [-0.1, -0.05) is 0 Å². The molecule has 3 heterocycles. The highest BCUT2D eigenvalue weighted by molar-refractivity contribution is 7.18. The smallest absolute Gasteiger partial charge is 0.209 e. The number of carbonyl (C=O) groups excluding carboxylic acids is 3. The van der Waals surface area contributed by atoms with Gasteiger partial charge in [0.1, 0.15) is 17.2 Å². The number of hydrogen-bond donors (Lipinski definition) is 1. The van der Waals surface area contributed by atoms with Crippen molar-refractivity contribution >= 4 is 34.3 Å². The van der Waals surface area contributed by atoms with Gasteiger partial charge in [0.15, 0.2) is 11.6 Å². The summed E-state index contributed by atoms with van der Waals surface area (Å²) < 4.78 is 19.1. The number of likely N-dealkylation sites (tertiary alicyclic amines) is 1. The van der Waals surface area contributed by atoms with Gasteiger partial charge in [-0.15, -0.1) is 11.3 Å². The summed E-state index contributed by atoms with van der Waals surface area (Å²) in [6.07, 6.45) is 2.35. The molecule has 1 saturated heterocycles. The van der Waals surface area contributed by atoms with Crippen LogP contribution in [0.3, 0.4) is 0 Å². The van der Waals surface area contributed by atoms with Gasteiger partial charge in [0.05, 0.1) is 21.9 Å². The van der Waals surface area contributed by atoms with E-state index >= 15 is 0 Å². The Hall–Kier alpha value is -2.74. The lowest BCUT2D eigenvalue weighted by Gasteiger charge is -2.43. The summed E-state index contributed by atoms with van der Waals surface area (Å²) in [5.41, 5.74) is 7.51. The number of fused-ring (bicyclic) bond motifs is 1. The molecule has 1 amide bonds. The van der Waals surface area contributed by atoms with Crippen molar-refractivity contribution in [1.82, 2.24) is 4.90 Å². The number of benzene rings is 1. The monoisotopic (exact) mass is 432 g/mol. The van der Waals surface area contributed by atoms with Gasteiger partial charge in [0.2, 0.25) is 6.41 Å². The number of anilines is 1. The van der Waals surface area contributed by atoms with Gasteiger partial charge in [-0.3, -0.25) is 14.4 Å². The van der Waals surface area contributed by atoms with Crippen molar-refractivity contribution < 1.29 is 23.5 Å². The Morgan fingerprint density at radius 3 is 2.43 bits per heavy atom. The van der Waals surface area contributed by atoms with Crippen LogP contribution in [0.2, 0.25) is 0 Å². The molecule has 2 N–H and O–H groups in total. The molecule has 8 heteroatoms. The maximum absolute atomic E-state index is 13.1. The molecule has 1 spiro atoms. The summed E-state index contributed by atoms with van der Waals surface area (Å²) in [6.45, 7) is 6.62. The number of ketones is 2. The van der Waals surface area contributed by atoms with E-state index in [-0.39, 0.29) is 18.0 Å². The predicted octanol–water partition coefficient (Wildman–Crippen LogP) is 3.93. The minimum absolute atomic E-state index is 0.0831. The van der Waals surface area contributed by atoms with E-state index in [1.165, 1.54) is 29.5 Å². The number of nitrogens with two attached hydrogens (primary N) is 1. The second-order valence-corrected chi connectivity index (χ2v) is 8.82. The lowest BCUT2D eigenvalue weighted by molar-refractivity contribution is -0.121. The van der Waals surface area contributed by atoms with Gasteiger partial charge in [0.25, 0.3) is 0 Å². The lowest BCUT2D eigenvalue weighted by Crippen LogP contribution is -2.50. The summed E-state index contributed by atoms with van der Waals surface area (Å²) in [6, 6.07) is 4.03. The first-order valence-corrected chi connectivity index (χ1v) is 10.5. The molecular weight excluding hydrogens is 407 g/mol. The second kappa shape index (κ2) is 8.55. The quantitative estimate of drug-likeness (QED) is 0.574. The summed E-state index contributed by atoms with van der Waals surface area (Å²) in [5, 5.41) is 0.757. The van der Waals surface area contributed by atoms with Crippen molar-refractivity contribution in [3.8, 4) is 5.75 Å². The zero-order valence-electron chi connectivity index (χ0n) is 17.3. The fraction of sp³-hybridized carbons (Fsp3) is 0.409. The Bertz CT molecular complexity index is 993. The molecule has 2 aromatic rings. The fourth-order valence-electron chi connectivity index (χ4n) is 3.74. The van der Waals surface area contributed by atoms with Crippen LogP contribution in [0.25, 0.3) is 0 Å². The Kier molecular flexibility index (Phi) is 6.26. The van der Waals surface area contributed by atoms with E-state index in [2.05, 4.69) is 0 Å². The number of thiophene rings is 1. The van der Waals surface area contributed by atoms with E-state index in [9.17, 15) is 18.8 Å². The number of hydrogen-bond acceptors (Lipinski definition) is 6. The van der Waals surface area contributed by atoms with Crippen LogP contribution in [0.5, 0.6) is 5.75 Å². The predicted molar refractivity (Wildman–Crippen MR) is 114 cm³/mol. The molecule has 0 saturated carbocycles. The largest absolute Gasteiger partial charge is 0.486 e. The topological polar surface area (TPSA) is 89.7 Å². The highest BCUT2D eigenvalue weighted by Gasteiger charge is 2.42. The first kappa shape index (κ1) is 22.0. The average Bonchev–Trinajstić information content (AvgIpc) is 2.97. The molecule has 1 fully saturated rings.